The summed E-state index contributed by atoms with van der Waals surface area (Å²) >= 11 is 0. The highest BCUT2D eigenvalue weighted by atomic mass is 16.2. The van der Waals surface area contributed by atoms with Crippen LogP contribution in [0.15, 0.2) is 84.2 Å². The molecule has 1 aromatic heterocycles. The lowest BCUT2D eigenvalue weighted by Crippen LogP contribution is -2.27. The van der Waals surface area contributed by atoms with Crippen LogP contribution in [0, 0.1) is 11.3 Å². The van der Waals surface area contributed by atoms with E-state index in [1.165, 1.54) is 5.01 Å². The molecule has 0 bridgehead atoms. The highest BCUT2D eigenvalue weighted by Gasteiger charge is 2.33. The lowest BCUT2D eigenvalue weighted by atomic mass is 9.98. The van der Waals surface area contributed by atoms with Gasteiger partial charge >= 0.3 is 0 Å². The van der Waals surface area contributed by atoms with E-state index in [4.69, 9.17) is 5.26 Å². The van der Waals surface area contributed by atoms with Gasteiger partial charge in [-0.15, -0.1) is 0 Å². The van der Waals surface area contributed by atoms with Gasteiger partial charge in [-0.25, -0.2) is 5.01 Å². The van der Waals surface area contributed by atoms with E-state index in [0.29, 0.717) is 17.5 Å². The molecule has 4 rings (SSSR count). The van der Waals surface area contributed by atoms with E-state index in [1.54, 1.807) is 36.7 Å². The van der Waals surface area contributed by atoms with Gasteiger partial charge in [0.2, 0.25) is 0 Å². The number of hydrogen-bond donors (Lipinski definition) is 0. The van der Waals surface area contributed by atoms with E-state index >= 15 is 0 Å². The van der Waals surface area contributed by atoms with E-state index in [0.717, 1.165) is 16.8 Å². The highest BCUT2D eigenvalue weighted by Crippen LogP contribution is 2.33. The van der Waals surface area contributed by atoms with E-state index in [1.807, 2.05) is 42.5 Å². The number of hydrazone groups is 1. The van der Waals surface area contributed by atoms with Crippen LogP contribution in [0.25, 0.3) is 0 Å². The molecule has 0 fully saturated rings. The second kappa shape index (κ2) is 7.22. The Kier molecular flexibility index (Phi) is 4.46. The fourth-order valence-electron chi connectivity index (χ4n) is 3.19. The van der Waals surface area contributed by atoms with Crippen molar-refractivity contribution < 1.29 is 4.79 Å². The number of pyridine rings is 1. The Morgan fingerprint density at radius 2 is 1.93 bits per heavy atom. The van der Waals surface area contributed by atoms with Gasteiger partial charge in [-0.05, 0) is 41.5 Å². The van der Waals surface area contributed by atoms with Gasteiger partial charge in [0, 0.05) is 24.4 Å². The average molecular weight is 352 g/mol. The summed E-state index contributed by atoms with van der Waals surface area (Å²) < 4.78 is 0. The molecule has 0 saturated carbocycles. The number of nitriles is 1. The van der Waals surface area contributed by atoms with Crippen molar-refractivity contribution in [1.29, 1.82) is 5.26 Å². The van der Waals surface area contributed by atoms with Crippen molar-refractivity contribution in [3.05, 3.63) is 101 Å². The summed E-state index contributed by atoms with van der Waals surface area (Å²) in [4.78, 5) is 17.3. The van der Waals surface area contributed by atoms with Gasteiger partial charge in [0.25, 0.3) is 5.91 Å². The third-order valence-electron chi connectivity index (χ3n) is 4.53. The molecular formula is C22H16N4O. The molecule has 5 nitrogen and oxygen atoms in total. The summed E-state index contributed by atoms with van der Waals surface area (Å²) in [6.45, 7) is 0. The molecule has 0 spiro atoms. The molecule has 1 aliphatic rings. The van der Waals surface area contributed by atoms with Crippen molar-refractivity contribution in [3.8, 4) is 6.07 Å². The van der Waals surface area contributed by atoms with Gasteiger partial charge in [-0.3, -0.25) is 9.78 Å². The zero-order valence-electron chi connectivity index (χ0n) is 14.5. The Labute approximate surface area is 157 Å². The molecule has 2 aromatic carbocycles. The highest BCUT2D eigenvalue weighted by molar-refractivity contribution is 6.05. The van der Waals surface area contributed by atoms with Crippen LogP contribution in [0.4, 0.5) is 0 Å². The van der Waals surface area contributed by atoms with Crippen molar-refractivity contribution in [2.75, 3.05) is 0 Å². The molecule has 0 radical (unpaired) electrons. The molecule has 5 heteroatoms. The molecule has 2 heterocycles. The Balaban J connectivity index is 1.74. The Morgan fingerprint density at radius 1 is 1.07 bits per heavy atom. The number of benzene rings is 2. The van der Waals surface area contributed by atoms with Crippen molar-refractivity contribution >= 4 is 11.6 Å². The van der Waals surface area contributed by atoms with Gasteiger partial charge in [0.15, 0.2) is 0 Å². The van der Waals surface area contributed by atoms with E-state index in [9.17, 15) is 4.79 Å². The summed E-state index contributed by atoms with van der Waals surface area (Å²) in [6.07, 6.45) is 4.04. The van der Waals surface area contributed by atoms with Crippen LogP contribution in [0.1, 0.15) is 39.5 Å². The predicted octanol–water partition coefficient (Wildman–Crippen LogP) is 3.94. The first-order valence-corrected chi connectivity index (χ1v) is 8.63. The number of nitrogens with zero attached hydrogens (tertiary/aromatic N) is 4. The summed E-state index contributed by atoms with van der Waals surface area (Å²) in [5.74, 6) is -0.157. The maximum Gasteiger partial charge on any atom is 0.274 e. The van der Waals surface area contributed by atoms with Gasteiger partial charge in [0.05, 0.1) is 23.4 Å². The topological polar surface area (TPSA) is 69.3 Å². The first kappa shape index (κ1) is 16.7. The van der Waals surface area contributed by atoms with Crippen molar-refractivity contribution in [3.63, 3.8) is 0 Å². The maximum atomic E-state index is 13.1. The number of hydrogen-bond acceptors (Lipinski definition) is 4. The van der Waals surface area contributed by atoms with Crippen LogP contribution < -0.4 is 0 Å². The zero-order valence-corrected chi connectivity index (χ0v) is 14.5. The average Bonchev–Trinajstić information content (AvgIpc) is 3.20. The fraction of sp³-hybridized carbons (Fsp3) is 0.0909. The summed E-state index contributed by atoms with van der Waals surface area (Å²) in [5.41, 5.74) is 3.72. The van der Waals surface area contributed by atoms with Crippen LogP contribution in [0.3, 0.4) is 0 Å². The summed E-state index contributed by atoms with van der Waals surface area (Å²) in [7, 11) is 0. The monoisotopic (exact) mass is 352 g/mol. The Morgan fingerprint density at radius 3 is 2.67 bits per heavy atom. The molecule has 130 valence electrons. The van der Waals surface area contributed by atoms with Gasteiger partial charge in [0.1, 0.15) is 0 Å². The van der Waals surface area contributed by atoms with Crippen molar-refractivity contribution in [2.45, 2.75) is 12.5 Å². The second-order valence-corrected chi connectivity index (χ2v) is 6.26. The van der Waals surface area contributed by atoms with Crippen LogP contribution >= 0.6 is 0 Å². The SMILES string of the molecule is N#Cc1cccc(C2=NN(C(=O)c3ccccc3)C(c3cccnc3)C2)c1. The molecule has 1 unspecified atom stereocenters. The van der Waals surface area contributed by atoms with E-state index in [2.05, 4.69) is 16.2 Å². The van der Waals surface area contributed by atoms with Gasteiger partial charge in [-0.2, -0.15) is 10.4 Å². The molecule has 0 N–H and O–H groups in total. The third-order valence-corrected chi connectivity index (χ3v) is 4.53. The number of rotatable bonds is 3. The molecule has 1 aliphatic heterocycles. The molecule has 27 heavy (non-hydrogen) atoms. The summed E-state index contributed by atoms with van der Waals surface area (Å²) in [5, 5.41) is 15.3. The van der Waals surface area contributed by atoms with Crippen molar-refractivity contribution in [2.24, 2.45) is 5.10 Å². The Hall–Kier alpha value is -3.78. The number of aromatic nitrogens is 1. The molecule has 1 atom stereocenters. The minimum atomic E-state index is -0.229. The second-order valence-electron chi connectivity index (χ2n) is 6.26. The molecular weight excluding hydrogens is 336 g/mol. The van der Waals surface area contributed by atoms with Gasteiger partial charge in [-0.1, -0.05) is 36.4 Å². The van der Waals surface area contributed by atoms with Gasteiger partial charge < -0.3 is 0 Å². The number of carbonyl (C=O) groups is 1. The standard InChI is InChI=1S/C22H16N4O/c23-14-16-6-4-9-18(12-16)20-13-21(19-10-5-11-24-15-19)26(25-20)22(27)17-7-2-1-3-8-17/h1-12,15,21H,13H2. The van der Waals surface area contributed by atoms with Crippen molar-refractivity contribution in [1.82, 2.24) is 9.99 Å². The third kappa shape index (κ3) is 3.33. The quantitative estimate of drug-likeness (QED) is 0.717. The number of carbonyl (C=O) groups excluding carboxylic acids is 1. The van der Waals surface area contributed by atoms with E-state index in [-0.39, 0.29) is 11.9 Å². The first-order valence-electron chi connectivity index (χ1n) is 8.63. The molecule has 1 amide bonds. The normalized spacial score (nSPS) is 15.9. The van der Waals surface area contributed by atoms with Crippen LogP contribution in [0.5, 0.6) is 0 Å². The molecule has 3 aromatic rings. The number of amides is 1. The molecule has 0 aliphatic carbocycles. The minimum Gasteiger partial charge on any atom is -0.267 e. The smallest absolute Gasteiger partial charge is 0.267 e. The maximum absolute atomic E-state index is 13.1. The van der Waals surface area contributed by atoms with Crippen LogP contribution in [-0.4, -0.2) is 21.6 Å². The lowest BCUT2D eigenvalue weighted by molar-refractivity contribution is 0.0711. The predicted molar refractivity (Wildman–Crippen MR) is 102 cm³/mol. The Bertz CT molecular complexity index is 1040. The molecule has 0 saturated heterocycles. The zero-order chi connectivity index (χ0) is 18.6. The lowest BCUT2D eigenvalue weighted by Gasteiger charge is -2.21. The minimum absolute atomic E-state index is 0.157. The largest absolute Gasteiger partial charge is 0.274 e. The fourth-order valence-corrected chi connectivity index (χ4v) is 3.19. The van der Waals surface area contributed by atoms with E-state index < -0.39 is 0 Å². The van der Waals surface area contributed by atoms with Crippen LogP contribution in [-0.2, 0) is 0 Å². The summed E-state index contributed by atoms with van der Waals surface area (Å²) in [6, 6.07) is 22.1. The van der Waals surface area contributed by atoms with Crippen LogP contribution in [0.2, 0.25) is 0 Å². The first-order chi connectivity index (χ1) is 13.3.